The van der Waals surface area contributed by atoms with E-state index in [2.05, 4.69) is 14.9 Å². The summed E-state index contributed by atoms with van der Waals surface area (Å²) in [6.07, 6.45) is 5.99. The molecule has 146 valence electrons. The van der Waals surface area contributed by atoms with Gasteiger partial charge in [-0.1, -0.05) is 17.7 Å². The Bertz CT molecular complexity index is 928. The quantitative estimate of drug-likeness (QED) is 0.845. The molecule has 0 radical (unpaired) electrons. The number of carbonyl (C=O) groups is 2. The predicted molar refractivity (Wildman–Crippen MR) is 105 cm³/mol. The Balaban J connectivity index is 1.41. The summed E-state index contributed by atoms with van der Waals surface area (Å²) in [4.78, 5) is 37.8. The Kier molecular flexibility index (Phi) is 4.19. The molecule has 1 aliphatic carbocycles. The first kappa shape index (κ1) is 17.7. The molecule has 5 rings (SSSR count). The van der Waals surface area contributed by atoms with Gasteiger partial charge in [0, 0.05) is 48.3 Å². The first-order valence-corrected chi connectivity index (χ1v) is 10.4. The summed E-state index contributed by atoms with van der Waals surface area (Å²) in [5.41, 5.74) is 2.36. The number of piperidine rings is 1. The molecule has 28 heavy (non-hydrogen) atoms. The average molecular weight is 399 g/mol. The summed E-state index contributed by atoms with van der Waals surface area (Å²) in [6.45, 7) is 1.94. The van der Waals surface area contributed by atoms with Crippen LogP contribution in [0.5, 0.6) is 0 Å². The van der Waals surface area contributed by atoms with Crippen LogP contribution in [0.15, 0.2) is 30.6 Å². The van der Waals surface area contributed by atoms with Crippen LogP contribution in [0.25, 0.3) is 0 Å². The van der Waals surface area contributed by atoms with Gasteiger partial charge in [0.1, 0.15) is 0 Å². The Labute approximate surface area is 168 Å². The van der Waals surface area contributed by atoms with Gasteiger partial charge in [0.25, 0.3) is 5.91 Å². The van der Waals surface area contributed by atoms with Crippen molar-refractivity contribution in [3.63, 3.8) is 0 Å². The molecule has 1 N–H and O–H groups in total. The minimum atomic E-state index is -0.391. The summed E-state index contributed by atoms with van der Waals surface area (Å²) in [7, 11) is 0. The van der Waals surface area contributed by atoms with Gasteiger partial charge >= 0.3 is 0 Å². The number of hydrogen-bond donors (Lipinski definition) is 1. The Morgan fingerprint density at radius 1 is 1.18 bits per heavy atom. The van der Waals surface area contributed by atoms with Crippen LogP contribution in [0.1, 0.15) is 47.4 Å². The van der Waals surface area contributed by atoms with E-state index in [9.17, 15) is 9.59 Å². The summed E-state index contributed by atoms with van der Waals surface area (Å²) < 4.78 is 0. The van der Waals surface area contributed by atoms with E-state index in [1.807, 2.05) is 4.90 Å². The zero-order chi connectivity index (χ0) is 19.3. The molecule has 1 saturated heterocycles. The van der Waals surface area contributed by atoms with Crippen LogP contribution in [-0.2, 0) is 16.8 Å². The Morgan fingerprint density at radius 2 is 1.96 bits per heavy atom. The number of aromatic nitrogens is 2. The van der Waals surface area contributed by atoms with Crippen LogP contribution in [-0.4, -0.2) is 51.2 Å². The minimum absolute atomic E-state index is 0.00419. The summed E-state index contributed by atoms with van der Waals surface area (Å²) >= 11 is 6.05. The standard InChI is InChI=1S/C21H23ClN4O2/c22-16-3-1-2-15(12-16)19(27)25-10-7-21(8-11-25)18-17(23-13-24-18)6-9-26(21)20(28)14-4-5-14/h1-3,12-14H,4-11H2,(H,23,24). The number of benzene rings is 1. The molecule has 7 heteroatoms. The Morgan fingerprint density at radius 3 is 2.68 bits per heavy atom. The maximum absolute atomic E-state index is 13.0. The zero-order valence-electron chi connectivity index (χ0n) is 15.7. The number of nitrogens with one attached hydrogen (secondary N) is 1. The zero-order valence-corrected chi connectivity index (χ0v) is 16.4. The molecule has 6 nitrogen and oxygen atoms in total. The number of amides is 2. The lowest BCUT2D eigenvalue weighted by atomic mass is 9.78. The molecule has 1 spiro atoms. The third-order valence-electron chi connectivity index (χ3n) is 6.40. The molecule has 2 amide bonds. The molecule has 0 bridgehead atoms. The van der Waals surface area contributed by atoms with E-state index in [1.54, 1.807) is 30.6 Å². The summed E-state index contributed by atoms with van der Waals surface area (Å²) in [5.74, 6) is 0.447. The third kappa shape index (κ3) is 2.82. The highest BCUT2D eigenvalue weighted by atomic mass is 35.5. The van der Waals surface area contributed by atoms with E-state index in [0.717, 1.165) is 50.0 Å². The second-order valence-corrected chi connectivity index (χ2v) is 8.51. The van der Waals surface area contributed by atoms with Crippen LogP contribution >= 0.6 is 11.6 Å². The minimum Gasteiger partial charge on any atom is -0.348 e. The lowest BCUT2D eigenvalue weighted by Crippen LogP contribution is -2.59. The van der Waals surface area contributed by atoms with Crippen molar-refractivity contribution in [1.82, 2.24) is 19.8 Å². The molecule has 2 aliphatic heterocycles. The molecule has 1 aromatic carbocycles. The van der Waals surface area contributed by atoms with Gasteiger partial charge in [0.15, 0.2) is 0 Å². The normalized spacial score (nSPS) is 20.9. The van der Waals surface area contributed by atoms with Crippen molar-refractivity contribution in [1.29, 1.82) is 0 Å². The van der Waals surface area contributed by atoms with Crippen molar-refractivity contribution in [2.24, 2.45) is 5.92 Å². The molecule has 2 aromatic rings. The maximum atomic E-state index is 13.0. The highest BCUT2D eigenvalue weighted by molar-refractivity contribution is 6.30. The van der Waals surface area contributed by atoms with Gasteiger partial charge in [-0.25, -0.2) is 4.98 Å². The predicted octanol–water partition coefficient (Wildman–Crippen LogP) is 2.99. The van der Waals surface area contributed by atoms with Crippen LogP contribution in [0.3, 0.4) is 0 Å². The van der Waals surface area contributed by atoms with Gasteiger partial charge < -0.3 is 14.8 Å². The number of halogens is 1. The Hall–Kier alpha value is -2.34. The summed E-state index contributed by atoms with van der Waals surface area (Å²) in [6, 6.07) is 7.08. The van der Waals surface area contributed by atoms with Gasteiger partial charge in [0.2, 0.25) is 5.91 Å². The van der Waals surface area contributed by atoms with E-state index in [4.69, 9.17) is 11.6 Å². The molecule has 1 saturated carbocycles. The van der Waals surface area contributed by atoms with Crippen molar-refractivity contribution in [3.8, 4) is 0 Å². The van der Waals surface area contributed by atoms with Crippen molar-refractivity contribution >= 4 is 23.4 Å². The van der Waals surface area contributed by atoms with Gasteiger partial charge in [0.05, 0.1) is 17.6 Å². The number of imidazole rings is 1. The number of carbonyl (C=O) groups excluding carboxylic acids is 2. The first-order valence-electron chi connectivity index (χ1n) is 9.97. The molecule has 0 unspecified atom stereocenters. The lowest BCUT2D eigenvalue weighted by molar-refractivity contribution is -0.143. The monoisotopic (exact) mass is 398 g/mol. The second kappa shape index (κ2) is 6.62. The van der Waals surface area contributed by atoms with Gasteiger partial charge in [-0.15, -0.1) is 0 Å². The third-order valence-corrected chi connectivity index (χ3v) is 6.64. The van der Waals surface area contributed by atoms with Crippen LogP contribution in [0, 0.1) is 5.92 Å². The SMILES string of the molecule is O=C(c1cccc(Cl)c1)N1CCC2(CC1)c1nc[nH]c1CCN2C(=O)C1CC1. The highest BCUT2D eigenvalue weighted by Crippen LogP contribution is 2.45. The number of fused-ring (bicyclic) bond motifs is 2. The summed E-state index contributed by atoms with van der Waals surface area (Å²) in [5, 5.41) is 0.564. The fourth-order valence-electron chi connectivity index (χ4n) is 4.74. The van der Waals surface area contributed by atoms with E-state index in [1.165, 1.54) is 0 Å². The van der Waals surface area contributed by atoms with Gasteiger partial charge in [-0.2, -0.15) is 0 Å². The lowest BCUT2D eigenvalue weighted by Gasteiger charge is -2.50. The number of aromatic amines is 1. The van der Waals surface area contributed by atoms with E-state index in [0.29, 0.717) is 23.7 Å². The first-order chi connectivity index (χ1) is 13.6. The molecule has 2 fully saturated rings. The number of rotatable bonds is 2. The van der Waals surface area contributed by atoms with Crippen LogP contribution in [0.2, 0.25) is 5.02 Å². The fourth-order valence-corrected chi connectivity index (χ4v) is 4.93. The molecular formula is C21H23ClN4O2. The second-order valence-electron chi connectivity index (χ2n) is 8.08. The van der Waals surface area contributed by atoms with Crippen molar-refractivity contribution in [3.05, 3.63) is 52.6 Å². The fraction of sp³-hybridized carbons (Fsp3) is 0.476. The molecule has 1 aromatic heterocycles. The van der Waals surface area contributed by atoms with Crippen molar-refractivity contribution < 1.29 is 9.59 Å². The van der Waals surface area contributed by atoms with Crippen molar-refractivity contribution in [2.75, 3.05) is 19.6 Å². The van der Waals surface area contributed by atoms with Crippen LogP contribution < -0.4 is 0 Å². The maximum Gasteiger partial charge on any atom is 0.253 e. The number of nitrogens with zero attached hydrogens (tertiary/aromatic N) is 3. The van der Waals surface area contributed by atoms with Crippen molar-refractivity contribution in [2.45, 2.75) is 37.6 Å². The van der Waals surface area contributed by atoms with Gasteiger partial charge in [-0.05, 0) is 43.9 Å². The molecule has 3 aliphatic rings. The molecular weight excluding hydrogens is 376 g/mol. The smallest absolute Gasteiger partial charge is 0.253 e. The van der Waals surface area contributed by atoms with E-state index >= 15 is 0 Å². The molecule has 0 atom stereocenters. The largest absolute Gasteiger partial charge is 0.348 e. The number of hydrogen-bond acceptors (Lipinski definition) is 3. The van der Waals surface area contributed by atoms with Crippen LogP contribution in [0.4, 0.5) is 0 Å². The number of H-pyrrole nitrogens is 1. The van der Waals surface area contributed by atoms with Gasteiger partial charge in [-0.3, -0.25) is 9.59 Å². The van der Waals surface area contributed by atoms with E-state index in [-0.39, 0.29) is 17.7 Å². The number of likely N-dealkylation sites (tertiary alicyclic amines) is 1. The average Bonchev–Trinajstić information content (AvgIpc) is 3.45. The highest BCUT2D eigenvalue weighted by Gasteiger charge is 2.51. The molecule has 3 heterocycles. The van der Waals surface area contributed by atoms with E-state index < -0.39 is 5.54 Å². The topological polar surface area (TPSA) is 69.3 Å².